The Kier molecular flexibility index (Phi) is 4.72. The second-order valence-corrected chi connectivity index (χ2v) is 5.84. The van der Waals surface area contributed by atoms with Crippen LogP contribution in [0.3, 0.4) is 0 Å². The number of esters is 2. The SMILES string of the molecule is CC(=O)Oc1cccc(C2Oc3cc(OC(C)=O)ccc3CC2O)c1. The number of carbonyl (C=O) groups is 2. The molecule has 6 nitrogen and oxygen atoms in total. The van der Waals surface area contributed by atoms with Crippen molar-refractivity contribution in [2.75, 3.05) is 0 Å². The molecule has 0 aromatic heterocycles. The van der Waals surface area contributed by atoms with Crippen LogP contribution in [0, 0.1) is 0 Å². The monoisotopic (exact) mass is 342 g/mol. The van der Waals surface area contributed by atoms with Crippen LogP contribution in [0.5, 0.6) is 17.2 Å². The molecule has 0 amide bonds. The second-order valence-electron chi connectivity index (χ2n) is 5.84. The minimum Gasteiger partial charge on any atom is -0.483 e. The fourth-order valence-electron chi connectivity index (χ4n) is 2.80. The molecular weight excluding hydrogens is 324 g/mol. The lowest BCUT2D eigenvalue weighted by molar-refractivity contribution is -0.132. The van der Waals surface area contributed by atoms with Crippen molar-refractivity contribution in [2.45, 2.75) is 32.5 Å². The molecule has 130 valence electrons. The number of hydrogen-bond acceptors (Lipinski definition) is 6. The quantitative estimate of drug-likeness (QED) is 0.682. The summed E-state index contributed by atoms with van der Waals surface area (Å²) in [7, 11) is 0. The summed E-state index contributed by atoms with van der Waals surface area (Å²) in [4.78, 5) is 22.2. The van der Waals surface area contributed by atoms with Gasteiger partial charge in [-0.15, -0.1) is 0 Å². The van der Waals surface area contributed by atoms with Gasteiger partial charge in [0.2, 0.25) is 0 Å². The Morgan fingerprint density at radius 2 is 1.72 bits per heavy atom. The Labute approximate surface area is 144 Å². The van der Waals surface area contributed by atoms with Crippen molar-refractivity contribution in [2.24, 2.45) is 0 Å². The van der Waals surface area contributed by atoms with E-state index in [4.69, 9.17) is 14.2 Å². The van der Waals surface area contributed by atoms with Crippen molar-refractivity contribution in [1.29, 1.82) is 0 Å². The number of aliphatic hydroxyl groups excluding tert-OH is 1. The molecule has 1 heterocycles. The zero-order valence-electron chi connectivity index (χ0n) is 13.9. The lowest BCUT2D eigenvalue weighted by Crippen LogP contribution is -2.30. The number of fused-ring (bicyclic) bond motifs is 1. The van der Waals surface area contributed by atoms with Crippen LogP contribution in [0.15, 0.2) is 42.5 Å². The van der Waals surface area contributed by atoms with Gasteiger partial charge in [-0.05, 0) is 29.3 Å². The molecule has 2 unspecified atom stereocenters. The molecule has 0 saturated carbocycles. The van der Waals surface area contributed by atoms with Gasteiger partial charge < -0.3 is 19.3 Å². The first-order chi connectivity index (χ1) is 11.9. The van der Waals surface area contributed by atoms with Gasteiger partial charge >= 0.3 is 11.9 Å². The molecule has 2 atom stereocenters. The van der Waals surface area contributed by atoms with Gasteiger partial charge in [0.15, 0.2) is 0 Å². The molecule has 1 aliphatic rings. The molecule has 1 N–H and O–H groups in total. The van der Waals surface area contributed by atoms with E-state index in [1.807, 2.05) is 0 Å². The normalized spacial score (nSPS) is 18.7. The summed E-state index contributed by atoms with van der Waals surface area (Å²) in [5, 5.41) is 10.4. The lowest BCUT2D eigenvalue weighted by Gasteiger charge is -2.31. The predicted molar refractivity (Wildman–Crippen MR) is 88.6 cm³/mol. The molecule has 6 heteroatoms. The van der Waals surface area contributed by atoms with E-state index in [-0.39, 0.29) is 0 Å². The van der Waals surface area contributed by atoms with E-state index >= 15 is 0 Å². The van der Waals surface area contributed by atoms with Crippen LogP contribution in [0.4, 0.5) is 0 Å². The Bertz CT molecular complexity index is 813. The summed E-state index contributed by atoms with van der Waals surface area (Å²) in [6.07, 6.45) is -0.965. The average molecular weight is 342 g/mol. The molecule has 0 aliphatic carbocycles. The molecular formula is C19H18O6. The Morgan fingerprint density at radius 1 is 1.04 bits per heavy atom. The van der Waals surface area contributed by atoms with Crippen LogP contribution >= 0.6 is 0 Å². The van der Waals surface area contributed by atoms with Crippen LogP contribution in [0.1, 0.15) is 31.1 Å². The van der Waals surface area contributed by atoms with Gasteiger partial charge in [-0.3, -0.25) is 9.59 Å². The summed E-state index contributed by atoms with van der Waals surface area (Å²) in [6.45, 7) is 2.65. The number of hydrogen-bond donors (Lipinski definition) is 1. The summed E-state index contributed by atoms with van der Waals surface area (Å²) in [6, 6.07) is 11.9. The first kappa shape index (κ1) is 17.0. The molecule has 0 spiro atoms. The molecule has 2 aromatic carbocycles. The number of benzene rings is 2. The smallest absolute Gasteiger partial charge is 0.308 e. The van der Waals surface area contributed by atoms with Crippen LogP contribution in [-0.4, -0.2) is 23.1 Å². The first-order valence-corrected chi connectivity index (χ1v) is 7.87. The third kappa shape index (κ3) is 3.97. The molecule has 2 aromatic rings. The Hall–Kier alpha value is -2.86. The topological polar surface area (TPSA) is 82.1 Å². The number of rotatable bonds is 3. The van der Waals surface area contributed by atoms with Gasteiger partial charge in [-0.1, -0.05) is 18.2 Å². The zero-order valence-corrected chi connectivity index (χ0v) is 13.9. The minimum atomic E-state index is -0.750. The molecule has 0 saturated heterocycles. The van der Waals surface area contributed by atoms with Gasteiger partial charge in [0.05, 0.1) is 6.10 Å². The van der Waals surface area contributed by atoms with Crippen LogP contribution in [0.25, 0.3) is 0 Å². The standard InChI is InChI=1S/C19H18O6/c1-11(20)23-15-5-3-4-14(8-15)19-17(22)9-13-6-7-16(24-12(2)21)10-18(13)25-19/h3-8,10,17,19,22H,9H2,1-2H3. The number of aliphatic hydroxyl groups is 1. The van der Waals surface area contributed by atoms with Crippen molar-refractivity contribution in [3.8, 4) is 17.2 Å². The van der Waals surface area contributed by atoms with Gasteiger partial charge in [-0.2, -0.15) is 0 Å². The fourth-order valence-corrected chi connectivity index (χ4v) is 2.80. The maximum atomic E-state index is 11.1. The molecule has 0 radical (unpaired) electrons. The van der Waals surface area contributed by atoms with Crippen molar-refractivity contribution < 1.29 is 28.9 Å². The molecule has 3 rings (SSSR count). The van der Waals surface area contributed by atoms with Gasteiger partial charge in [0.1, 0.15) is 23.4 Å². The van der Waals surface area contributed by atoms with E-state index in [9.17, 15) is 14.7 Å². The van der Waals surface area contributed by atoms with Gasteiger partial charge in [0, 0.05) is 26.3 Å². The van der Waals surface area contributed by atoms with Crippen molar-refractivity contribution >= 4 is 11.9 Å². The van der Waals surface area contributed by atoms with E-state index < -0.39 is 24.1 Å². The largest absolute Gasteiger partial charge is 0.483 e. The minimum absolute atomic E-state index is 0.384. The summed E-state index contributed by atoms with van der Waals surface area (Å²) in [5.74, 6) is 0.488. The third-order valence-corrected chi connectivity index (χ3v) is 3.78. The molecule has 0 fully saturated rings. The molecule has 25 heavy (non-hydrogen) atoms. The summed E-state index contributed by atoms with van der Waals surface area (Å²) < 4.78 is 16.1. The third-order valence-electron chi connectivity index (χ3n) is 3.78. The van der Waals surface area contributed by atoms with E-state index in [0.717, 1.165) is 5.56 Å². The number of carbonyl (C=O) groups excluding carboxylic acids is 2. The van der Waals surface area contributed by atoms with E-state index in [2.05, 4.69) is 0 Å². The maximum absolute atomic E-state index is 11.1. The highest BCUT2D eigenvalue weighted by atomic mass is 16.5. The fraction of sp³-hybridized carbons (Fsp3) is 0.263. The second kappa shape index (κ2) is 6.94. The summed E-state index contributed by atoms with van der Waals surface area (Å²) in [5.41, 5.74) is 1.52. The highest BCUT2D eigenvalue weighted by Crippen LogP contribution is 2.38. The first-order valence-electron chi connectivity index (χ1n) is 7.87. The Balaban J connectivity index is 1.87. The lowest BCUT2D eigenvalue weighted by atomic mass is 9.94. The van der Waals surface area contributed by atoms with Crippen LogP contribution in [0.2, 0.25) is 0 Å². The molecule has 1 aliphatic heterocycles. The highest BCUT2D eigenvalue weighted by molar-refractivity contribution is 5.70. The summed E-state index contributed by atoms with van der Waals surface area (Å²) >= 11 is 0. The predicted octanol–water partition coefficient (Wildman–Crippen LogP) is 2.57. The van der Waals surface area contributed by atoms with Crippen molar-refractivity contribution in [1.82, 2.24) is 0 Å². The van der Waals surface area contributed by atoms with Crippen LogP contribution < -0.4 is 14.2 Å². The van der Waals surface area contributed by atoms with Crippen molar-refractivity contribution in [3.63, 3.8) is 0 Å². The maximum Gasteiger partial charge on any atom is 0.308 e. The van der Waals surface area contributed by atoms with E-state index in [1.54, 1.807) is 42.5 Å². The Morgan fingerprint density at radius 3 is 2.40 bits per heavy atom. The number of ether oxygens (including phenoxy) is 3. The van der Waals surface area contributed by atoms with E-state index in [1.165, 1.54) is 13.8 Å². The van der Waals surface area contributed by atoms with E-state index in [0.29, 0.717) is 29.2 Å². The van der Waals surface area contributed by atoms with Crippen molar-refractivity contribution in [3.05, 3.63) is 53.6 Å². The van der Waals surface area contributed by atoms with Gasteiger partial charge in [-0.25, -0.2) is 0 Å². The zero-order chi connectivity index (χ0) is 18.0. The molecule has 0 bridgehead atoms. The van der Waals surface area contributed by atoms with Gasteiger partial charge in [0.25, 0.3) is 0 Å². The average Bonchev–Trinajstić information content (AvgIpc) is 2.53. The van der Waals surface area contributed by atoms with Crippen LogP contribution in [-0.2, 0) is 16.0 Å². The highest BCUT2D eigenvalue weighted by Gasteiger charge is 2.30.